The molecule has 0 aliphatic carbocycles. The molecule has 0 atom stereocenters. The van der Waals surface area contributed by atoms with Crippen molar-refractivity contribution in [3.63, 3.8) is 0 Å². The lowest BCUT2D eigenvalue weighted by Gasteiger charge is -1.96. The van der Waals surface area contributed by atoms with Crippen molar-refractivity contribution in [2.24, 2.45) is 0 Å². The second kappa shape index (κ2) is 4.73. The van der Waals surface area contributed by atoms with E-state index >= 15 is 0 Å². The molecular weight excluding hydrogens is 170 g/mol. The van der Waals surface area contributed by atoms with E-state index in [1.165, 1.54) is 11.8 Å². The molecule has 3 nitrogen and oxygen atoms in total. The minimum atomic E-state index is 0.530. The normalized spacial score (nSPS) is 9.33. The van der Waals surface area contributed by atoms with Gasteiger partial charge in [0.2, 0.25) is 0 Å². The molecule has 0 saturated heterocycles. The Morgan fingerprint density at radius 1 is 1.50 bits per heavy atom. The van der Waals surface area contributed by atoms with Gasteiger partial charge in [0.05, 0.1) is 6.07 Å². The van der Waals surface area contributed by atoms with Crippen LogP contribution in [0.3, 0.4) is 0 Å². The third-order valence-corrected chi connectivity index (χ3v) is 1.97. The predicted octanol–water partition coefficient (Wildman–Crippen LogP) is 1.65. The fourth-order valence-corrected chi connectivity index (χ4v) is 1.09. The zero-order chi connectivity index (χ0) is 8.81. The molecule has 0 amide bonds. The molecule has 0 fully saturated rings. The molecule has 1 aromatic heterocycles. The standard InChI is InChI=1S/C8H9N3S/c1-12-8-10-5-7(6-11-8)3-2-4-9/h5-6H,2-3H2,1H3. The molecule has 1 rings (SSSR count). The summed E-state index contributed by atoms with van der Waals surface area (Å²) in [5.74, 6) is 0. The molecule has 0 aliphatic rings. The first kappa shape index (κ1) is 9.01. The van der Waals surface area contributed by atoms with Crippen molar-refractivity contribution in [2.75, 3.05) is 6.26 Å². The highest BCUT2D eigenvalue weighted by Gasteiger charge is 1.95. The van der Waals surface area contributed by atoms with Crippen LogP contribution in [0.5, 0.6) is 0 Å². The third-order valence-electron chi connectivity index (χ3n) is 1.39. The largest absolute Gasteiger partial charge is 0.231 e. The van der Waals surface area contributed by atoms with E-state index in [4.69, 9.17) is 5.26 Å². The highest BCUT2D eigenvalue weighted by atomic mass is 32.2. The summed E-state index contributed by atoms with van der Waals surface area (Å²) in [5, 5.41) is 9.11. The van der Waals surface area contributed by atoms with Gasteiger partial charge in [0, 0.05) is 18.8 Å². The average Bonchev–Trinajstić information content (AvgIpc) is 2.15. The van der Waals surface area contributed by atoms with E-state index in [1.54, 1.807) is 12.4 Å². The number of aromatic nitrogens is 2. The lowest BCUT2D eigenvalue weighted by molar-refractivity contribution is 0.903. The minimum Gasteiger partial charge on any atom is -0.231 e. The Morgan fingerprint density at radius 2 is 2.17 bits per heavy atom. The van der Waals surface area contributed by atoms with Gasteiger partial charge in [-0.3, -0.25) is 0 Å². The number of aryl methyl sites for hydroxylation is 1. The SMILES string of the molecule is CSc1ncc(CCC#N)cn1. The summed E-state index contributed by atoms with van der Waals surface area (Å²) in [5.41, 5.74) is 1.02. The first-order chi connectivity index (χ1) is 5.86. The molecule has 0 bridgehead atoms. The van der Waals surface area contributed by atoms with Crippen molar-refractivity contribution >= 4 is 11.8 Å². The summed E-state index contributed by atoms with van der Waals surface area (Å²) in [6.07, 6.45) is 6.75. The molecule has 1 heterocycles. The topological polar surface area (TPSA) is 49.6 Å². The van der Waals surface area contributed by atoms with Crippen molar-refractivity contribution in [3.8, 4) is 6.07 Å². The maximum absolute atomic E-state index is 8.33. The van der Waals surface area contributed by atoms with Crippen LogP contribution in [0.15, 0.2) is 17.6 Å². The van der Waals surface area contributed by atoms with Crippen LogP contribution in [-0.4, -0.2) is 16.2 Å². The molecule has 4 heteroatoms. The van der Waals surface area contributed by atoms with Crippen LogP contribution < -0.4 is 0 Å². The zero-order valence-corrected chi connectivity index (χ0v) is 7.64. The molecule has 0 aliphatic heterocycles. The molecule has 0 radical (unpaired) electrons. The second-order valence-electron chi connectivity index (χ2n) is 2.24. The highest BCUT2D eigenvalue weighted by molar-refractivity contribution is 7.98. The van der Waals surface area contributed by atoms with Gasteiger partial charge in [-0.15, -0.1) is 0 Å². The number of nitriles is 1. The van der Waals surface area contributed by atoms with Crippen LogP contribution in [0.25, 0.3) is 0 Å². The Hall–Kier alpha value is -1.08. The van der Waals surface area contributed by atoms with Gasteiger partial charge in [0.1, 0.15) is 0 Å². The molecule has 0 unspecified atom stereocenters. The van der Waals surface area contributed by atoms with E-state index in [1.807, 2.05) is 6.26 Å². The van der Waals surface area contributed by atoms with E-state index in [0.29, 0.717) is 6.42 Å². The van der Waals surface area contributed by atoms with Gasteiger partial charge in [0.25, 0.3) is 0 Å². The van der Waals surface area contributed by atoms with Crippen molar-refractivity contribution in [3.05, 3.63) is 18.0 Å². The van der Waals surface area contributed by atoms with E-state index in [2.05, 4.69) is 16.0 Å². The Labute approximate surface area is 75.8 Å². The van der Waals surface area contributed by atoms with Crippen molar-refractivity contribution in [1.29, 1.82) is 5.26 Å². The number of hydrogen-bond donors (Lipinski definition) is 0. The molecule has 12 heavy (non-hydrogen) atoms. The van der Waals surface area contributed by atoms with Gasteiger partial charge in [-0.25, -0.2) is 9.97 Å². The molecular formula is C8H9N3S. The third kappa shape index (κ3) is 2.51. The molecule has 0 spiro atoms. The number of rotatable bonds is 3. The number of hydrogen-bond acceptors (Lipinski definition) is 4. The van der Waals surface area contributed by atoms with Gasteiger partial charge >= 0.3 is 0 Å². The summed E-state index contributed by atoms with van der Waals surface area (Å²) < 4.78 is 0. The van der Waals surface area contributed by atoms with Crippen LogP contribution in [0, 0.1) is 11.3 Å². The van der Waals surface area contributed by atoms with Crippen LogP contribution in [-0.2, 0) is 6.42 Å². The van der Waals surface area contributed by atoms with Crippen LogP contribution in [0.4, 0.5) is 0 Å². The predicted molar refractivity (Wildman–Crippen MR) is 47.7 cm³/mol. The van der Waals surface area contributed by atoms with Gasteiger partial charge in [-0.2, -0.15) is 5.26 Å². The average molecular weight is 179 g/mol. The lowest BCUT2D eigenvalue weighted by Crippen LogP contribution is -1.90. The Morgan fingerprint density at radius 3 is 2.67 bits per heavy atom. The quantitative estimate of drug-likeness (QED) is 0.523. The van der Waals surface area contributed by atoms with Crippen LogP contribution in [0.1, 0.15) is 12.0 Å². The maximum atomic E-state index is 8.33. The smallest absolute Gasteiger partial charge is 0.187 e. The monoisotopic (exact) mass is 179 g/mol. The summed E-state index contributed by atoms with van der Waals surface area (Å²) in [4.78, 5) is 8.19. The Kier molecular flexibility index (Phi) is 3.55. The molecule has 62 valence electrons. The van der Waals surface area contributed by atoms with Crippen molar-refractivity contribution in [2.45, 2.75) is 18.0 Å². The van der Waals surface area contributed by atoms with Crippen molar-refractivity contribution in [1.82, 2.24) is 9.97 Å². The van der Waals surface area contributed by atoms with E-state index in [-0.39, 0.29) is 0 Å². The molecule has 0 saturated carbocycles. The number of nitrogens with zero attached hydrogens (tertiary/aromatic N) is 3. The van der Waals surface area contributed by atoms with Gasteiger partial charge < -0.3 is 0 Å². The fraction of sp³-hybridized carbons (Fsp3) is 0.375. The van der Waals surface area contributed by atoms with Crippen LogP contribution >= 0.6 is 11.8 Å². The van der Waals surface area contributed by atoms with Gasteiger partial charge in [0.15, 0.2) is 5.16 Å². The van der Waals surface area contributed by atoms with Crippen LogP contribution in [0.2, 0.25) is 0 Å². The van der Waals surface area contributed by atoms with E-state index < -0.39 is 0 Å². The Bertz CT molecular complexity index is 275. The molecule has 0 aromatic carbocycles. The summed E-state index contributed by atoms with van der Waals surface area (Å²) >= 11 is 1.51. The van der Waals surface area contributed by atoms with Gasteiger partial charge in [-0.05, 0) is 18.2 Å². The highest BCUT2D eigenvalue weighted by Crippen LogP contribution is 2.07. The number of thioether (sulfide) groups is 1. The zero-order valence-electron chi connectivity index (χ0n) is 6.82. The second-order valence-corrected chi connectivity index (χ2v) is 3.01. The van der Waals surface area contributed by atoms with E-state index in [9.17, 15) is 0 Å². The van der Waals surface area contributed by atoms with Crippen molar-refractivity contribution < 1.29 is 0 Å². The first-order valence-electron chi connectivity index (χ1n) is 3.58. The summed E-state index contributed by atoms with van der Waals surface area (Å²) in [6.45, 7) is 0. The maximum Gasteiger partial charge on any atom is 0.187 e. The molecule has 1 aromatic rings. The Balaban J connectivity index is 2.60. The lowest BCUT2D eigenvalue weighted by atomic mass is 10.2. The first-order valence-corrected chi connectivity index (χ1v) is 4.81. The summed E-state index contributed by atoms with van der Waals surface area (Å²) in [6, 6.07) is 2.08. The molecule has 0 N–H and O–H groups in total. The fourth-order valence-electron chi connectivity index (χ4n) is 0.778. The minimum absolute atomic E-state index is 0.530. The summed E-state index contributed by atoms with van der Waals surface area (Å²) in [7, 11) is 0. The van der Waals surface area contributed by atoms with Gasteiger partial charge in [-0.1, -0.05) is 11.8 Å². The van der Waals surface area contributed by atoms with E-state index in [0.717, 1.165) is 17.1 Å².